The average Bonchev–Trinajstić information content (AvgIpc) is 2.88. The third kappa shape index (κ3) is 4.69. The van der Waals surface area contributed by atoms with Crippen molar-refractivity contribution in [3.05, 3.63) is 99.0 Å². The summed E-state index contributed by atoms with van der Waals surface area (Å²) in [6, 6.07) is 14.4. The smallest absolute Gasteiger partial charge is 0.384 e. The molecule has 9 heteroatoms. The maximum atomic E-state index is 13.5. The molecular weight excluding hydrogens is 481 g/mol. The SMILES string of the molecule is C[C@H](NC(=O)c1ccc2c(c1)c1c(c(=O)n2-c2ccc(C(F)(F)F)cc2)CCCC1)c1cccc(N)n1. The summed E-state index contributed by atoms with van der Waals surface area (Å²) in [5, 5.41) is 3.68. The highest BCUT2D eigenvalue weighted by molar-refractivity contribution is 5.99. The first kappa shape index (κ1) is 24.5. The maximum Gasteiger partial charge on any atom is 0.416 e. The van der Waals surface area contributed by atoms with E-state index in [0.29, 0.717) is 46.7 Å². The van der Waals surface area contributed by atoms with Crippen molar-refractivity contribution < 1.29 is 18.0 Å². The van der Waals surface area contributed by atoms with Crippen LogP contribution in [-0.2, 0) is 19.0 Å². The molecule has 4 aromatic rings. The van der Waals surface area contributed by atoms with E-state index in [1.165, 1.54) is 16.7 Å². The van der Waals surface area contributed by atoms with E-state index in [0.717, 1.165) is 35.9 Å². The number of benzene rings is 2. The Morgan fingerprint density at radius 2 is 1.73 bits per heavy atom. The van der Waals surface area contributed by atoms with Gasteiger partial charge < -0.3 is 11.1 Å². The second-order valence-electron chi connectivity index (χ2n) is 9.26. The highest BCUT2D eigenvalue weighted by Crippen LogP contribution is 2.32. The zero-order valence-corrected chi connectivity index (χ0v) is 20.1. The summed E-state index contributed by atoms with van der Waals surface area (Å²) in [5.74, 6) is 0.0487. The van der Waals surface area contributed by atoms with Gasteiger partial charge in [0.1, 0.15) is 5.82 Å². The number of aromatic nitrogens is 2. The zero-order chi connectivity index (χ0) is 26.3. The van der Waals surface area contributed by atoms with Crippen molar-refractivity contribution in [2.45, 2.75) is 44.8 Å². The topological polar surface area (TPSA) is 90.0 Å². The number of hydrogen-bond acceptors (Lipinski definition) is 4. The molecule has 3 N–H and O–H groups in total. The number of nitrogens with one attached hydrogen (secondary N) is 1. The number of carbonyl (C=O) groups excluding carboxylic acids is 1. The summed E-state index contributed by atoms with van der Waals surface area (Å²) in [6.07, 6.45) is -1.42. The number of alkyl halides is 3. The van der Waals surface area contributed by atoms with Crippen molar-refractivity contribution in [1.29, 1.82) is 0 Å². The molecular formula is C28H25F3N4O2. The quantitative estimate of drug-likeness (QED) is 0.390. The van der Waals surface area contributed by atoms with Crippen molar-refractivity contribution in [3.63, 3.8) is 0 Å². The molecule has 2 aromatic heterocycles. The molecule has 0 unspecified atom stereocenters. The van der Waals surface area contributed by atoms with Crippen LogP contribution in [-0.4, -0.2) is 15.5 Å². The molecule has 0 aliphatic heterocycles. The average molecular weight is 507 g/mol. The van der Waals surface area contributed by atoms with Gasteiger partial charge in [0, 0.05) is 22.2 Å². The molecule has 0 saturated heterocycles. The number of nitrogens with two attached hydrogens (primary N) is 1. The van der Waals surface area contributed by atoms with Gasteiger partial charge in [0.2, 0.25) is 0 Å². The Morgan fingerprint density at radius 1 is 1.03 bits per heavy atom. The summed E-state index contributed by atoms with van der Waals surface area (Å²) in [4.78, 5) is 30.9. The monoisotopic (exact) mass is 506 g/mol. The van der Waals surface area contributed by atoms with Gasteiger partial charge in [-0.3, -0.25) is 14.2 Å². The number of anilines is 1. The standard InChI is InChI=1S/C28H25F3N4O2/c1-16(23-7-4-8-25(32)34-23)33-26(36)17-9-14-24-22(15-17)20-5-2-3-6-21(20)27(37)35(24)19-12-10-18(11-13-19)28(29,30)31/h4,7-16H,2-3,5-6H2,1H3,(H2,32,34)(H,33,36)/t16-/m0/s1. The van der Waals surface area contributed by atoms with Gasteiger partial charge in [0.25, 0.3) is 11.5 Å². The van der Waals surface area contributed by atoms with Crippen molar-refractivity contribution in [2.24, 2.45) is 0 Å². The summed E-state index contributed by atoms with van der Waals surface area (Å²) in [5.41, 5.74) is 8.22. The molecule has 37 heavy (non-hydrogen) atoms. The first-order valence-electron chi connectivity index (χ1n) is 12.0. The summed E-state index contributed by atoms with van der Waals surface area (Å²) in [7, 11) is 0. The zero-order valence-electron chi connectivity index (χ0n) is 20.1. The fraction of sp³-hybridized carbons (Fsp3) is 0.250. The number of hydrogen-bond donors (Lipinski definition) is 2. The number of nitrogen functional groups attached to an aromatic ring is 1. The van der Waals surface area contributed by atoms with Crippen LogP contribution in [0.15, 0.2) is 65.5 Å². The maximum absolute atomic E-state index is 13.5. The predicted molar refractivity (Wildman–Crippen MR) is 136 cm³/mol. The van der Waals surface area contributed by atoms with Crippen molar-refractivity contribution in [2.75, 3.05) is 5.73 Å². The fourth-order valence-electron chi connectivity index (χ4n) is 4.92. The number of pyridine rings is 2. The number of aryl methyl sites for hydroxylation is 1. The second kappa shape index (κ2) is 9.38. The molecule has 6 nitrogen and oxygen atoms in total. The lowest BCUT2D eigenvalue weighted by molar-refractivity contribution is -0.137. The van der Waals surface area contributed by atoms with Gasteiger partial charge in [-0.15, -0.1) is 0 Å². The van der Waals surface area contributed by atoms with Gasteiger partial charge in [0.15, 0.2) is 0 Å². The Balaban J connectivity index is 1.59. The summed E-state index contributed by atoms with van der Waals surface area (Å²) < 4.78 is 40.7. The van der Waals surface area contributed by atoms with Gasteiger partial charge in [-0.05, 0) is 92.8 Å². The van der Waals surface area contributed by atoms with Gasteiger partial charge in [-0.1, -0.05) is 6.07 Å². The van der Waals surface area contributed by atoms with Gasteiger partial charge in [-0.2, -0.15) is 13.2 Å². The minimum Gasteiger partial charge on any atom is -0.384 e. The number of amides is 1. The normalized spacial score (nSPS) is 14.3. The van der Waals surface area contributed by atoms with Crippen LogP contribution < -0.4 is 16.6 Å². The van der Waals surface area contributed by atoms with Gasteiger partial charge in [-0.25, -0.2) is 4.98 Å². The number of halogens is 3. The van der Waals surface area contributed by atoms with Crippen LogP contribution in [0.25, 0.3) is 16.6 Å². The van der Waals surface area contributed by atoms with Crippen LogP contribution in [0.4, 0.5) is 19.0 Å². The second-order valence-corrected chi connectivity index (χ2v) is 9.26. The van der Waals surface area contributed by atoms with Gasteiger partial charge >= 0.3 is 6.18 Å². The first-order chi connectivity index (χ1) is 17.6. The number of nitrogens with zero attached hydrogens (tertiary/aromatic N) is 2. The molecule has 190 valence electrons. The molecule has 1 aliphatic carbocycles. The van der Waals surface area contributed by atoms with Crippen LogP contribution >= 0.6 is 0 Å². The largest absolute Gasteiger partial charge is 0.416 e. The Hall–Kier alpha value is -4.14. The van der Waals surface area contributed by atoms with Crippen molar-refractivity contribution in [1.82, 2.24) is 14.9 Å². The Labute approximate surface area is 210 Å². The number of rotatable bonds is 4. The van der Waals surface area contributed by atoms with Crippen LogP contribution in [0.2, 0.25) is 0 Å². The Bertz CT molecular complexity index is 1560. The van der Waals surface area contributed by atoms with Crippen LogP contribution in [0, 0.1) is 0 Å². The molecule has 5 rings (SSSR count). The Kier molecular flexibility index (Phi) is 6.23. The fourth-order valence-corrected chi connectivity index (χ4v) is 4.92. The predicted octanol–water partition coefficient (Wildman–Crippen LogP) is 5.36. The van der Waals surface area contributed by atoms with Crippen LogP contribution in [0.3, 0.4) is 0 Å². The molecule has 0 spiro atoms. The van der Waals surface area contributed by atoms with E-state index in [9.17, 15) is 22.8 Å². The molecule has 1 amide bonds. The van der Waals surface area contributed by atoms with E-state index >= 15 is 0 Å². The summed E-state index contributed by atoms with van der Waals surface area (Å²) >= 11 is 0. The van der Waals surface area contributed by atoms with E-state index in [1.807, 2.05) is 6.92 Å². The van der Waals surface area contributed by atoms with Crippen molar-refractivity contribution in [3.8, 4) is 5.69 Å². The lowest BCUT2D eigenvalue weighted by atomic mass is 9.89. The lowest BCUT2D eigenvalue weighted by Gasteiger charge is -2.22. The number of carbonyl (C=O) groups is 1. The number of fused-ring (bicyclic) bond motifs is 3. The lowest BCUT2D eigenvalue weighted by Crippen LogP contribution is -2.28. The molecule has 0 saturated carbocycles. The van der Waals surface area contributed by atoms with E-state index in [4.69, 9.17) is 5.73 Å². The third-order valence-electron chi connectivity index (χ3n) is 6.79. The molecule has 2 aromatic carbocycles. The highest BCUT2D eigenvalue weighted by atomic mass is 19.4. The highest BCUT2D eigenvalue weighted by Gasteiger charge is 2.30. The molecule has 1 aliphatic rings. The molecule has 2 heterocycles. The van der Waals surface area contributed by atoms with Gasteiger partial charge in [0.05, 0.1) is 22.8 Å². The van der Waals surface area contributed by atoms with E-state index < -0.39 is 11.7 Å². The van der Waals surface area contributed by atoms with E-state index in [2.05, 4.69) is 10.3 Å². The van der Waals surface area contributed by atoms with E-state index in [-0.39, 0.29) is 17.5 Å². The van der Waals surface area contributed by atoms with Crippen LogP contribution in [0.1, 0.15) is 58.5 Å². The third-order valence-corrected chi connectivity index (χ3v) is 6.79. The van der Waals surface area contributed by atoms with Crippen LogP contribution in [0.5, 0.6) is 0 Å². The first-order valence-corrected chi connectivity index (χ1v) is 12.0. The van der Waals surface area contributed by atoms with Crippen molar-refractivity contribution >= 4 is 22.6 Å². The minimum atomic E-state index is -4.47. The molecule has 0 fully saturated rings. The molecule has 0 radical (unpaired) electrons. The minimum absolute atomic E-state index is 0.236. The summed E-state index contributed by atoms with van der Waals surface area (Å²) in [6.45, 7) is 1.81. The van der Waals surface area contributed by atoms with E-state index in [1.54, 1.807) is 36.4 Å². The molecule has 1 atom stereocenters. The molecule has 0 bridgehead atoms. The Morgan fingerprint density at radius 3 is 2.41 bits per heavy atom.